The Labute approximate surface area is 147 Å². The molecule has 2 aromatic rings. The van der Waals surface area contributed by atoms with Crippen LogP contribution in [0.3, 0.4) is 0 Å². The number of nitrogens with one attached hydrogen (secondary N) is 2. The largest absolute Gasteiger partial charge is 0.478 e. The third-order valence-electron chi connectivity index (χ3n) is 2.79. The van der Waals surface area contributed by atoms with Gasteiger partial charge in [-0.25, -0.2) is 4.79 Å². The minimum atomic E-state index is -1.02. The highest BCUT2D eigenvalue weighted by Gasteiger charge is 2.12. The molecule has 8 heteroatoms. The van der Waals surface area contributed by atoms with Gasteiger partial charge in [0.05, 0.1) is 16.1 Å². The van der Waals surface area contributed by atoms with Gasteiger partial charge < -0.3 is 10.4 Å². The molecule has 0 saturated heterocycles. The molecule has 2 rings (SSSR count). The molecule has 0 heterocycles. The van der Waals surface area contributed by atoms with Crippen molar-refractivity contribution < 1.29 is 14.7 Å². The van der Waals surface area contributed by atoms with Gasteiger partial charge >= 0.3 is 5.97 Å². The fourth-order valence-electron chi connectivity index (χ4n) is 1.70. The Morgan fingerprint density at radius 3 is 2.26 bits per heavy atom. The van der Waals surface area contributed by atoms with Crippen LogP contribution in [0.15, 0.2) is 42.5 Å². The fourth-order valence-corrected chi connectivity index (χ4v) is 2.41. The molecule has 0 radical (unpaired) electrons. The van der Waals surface area contributed by atoms with E-state index in [1.54, 1.807) is 6.07 Å². The first kappa shape index (κ1) is 17.2. The van der Waals surface area contributed by atoms with Crippen molar-refractivity contribution in [1.82, 2.24) is 5.32 Å². The van der Waals surface area contributed by atoms with Gasteiger partial charge in [-0.2, -0.15) is 0 Å². The molecule has 23 heavy (non-hydrogen) atoms. The lowest BCUT2D eigenvalue weighted by atomic mass is 10.2. The molecule has 1 amide bonds. The van der Waals surface area contributed by atoms with E-state index in [-0.39, 0.29) is 21.3 Å². The summed E-state index contributed by atoms with van der Waals surface area (Å²) in [6.07, 6.45) is 0. The molecule has 0 aliphatic carbocycles. The molecule has 0 spiro atoms. The average molecular weight is 369 g/mol. The summed E-state index contributed by atoms with van der Waals surface area (Å²) in [6.45, 7) is 0. The first-order valence-corrected chi connectivity index (χ1v) is 7.44. The van der Waals surface area contributed by atoms with Gasteiger partial charge in [0, 0.05) is 10.7 Å². The summed E-state index contributed by atoms with van der Waals surface area (Å²) in [5.74, 6) is -1.50. The number of anilines is 1. The van der Waals surface area contributed by atoms with E-state index in [9.17, 15) is 9.59 Å². The molecule has 0 aliphatic rings. The number of hydrogen-bond acceptors (Lipinski definition) is 3. The van der Waals surface area contributed by atoms with Crippen molar-refractivity contribution in [2.24, 2.45) is 0 Å². The van der Waals surface area contributed by atoms with E-state index in [0.29, 0.717) is 10.7 Å². The summed E-state index contributed by atoms with van der Waals surface area (Å²) in [7, 11) is 0. The predicted octanol–water partition coefficient (Wildman–Crippen LogP) is 3.82. The van der Waals surface area contributed by atoms with Crippen LogP contribution in [0.5, 0.6) is 0 Å². The second-order valence-electron chi connectivity index (χ2n) is 4.41. The number of carboxylic acids is 1. The van der Waals surface area contributed by atoms with Crippen LogP contribution < -0.4 is 10.6 Å². The predicted molar refractivity (Wildman–Crippen MR) is 93.6 cm³/mol. The standard InChI is InChI=1S/C15H10Cl2N2O3S/c16-9-3-6-11(12(17)7-9)13(20)19-15(23)18-10-4-1-8(2-5-10)14(21)22/h1-7H,(H,21,22)(H2,18,19,20,23). The van der Waals surface area contributed by atoms with E-state index in [1.165, 1.54) is 36.4 Å². The van der Waals surface area contributed by atoms with Crippen LogP contribution in [0.1, 0.15) is 20.7 Å². The number of thiocarbonyl (C=S) groups is 1. The maximum atomic E-state index is 12.1. The van der Waals surface area contributed by atoms with Crippen LogP contribution in [0.25, 0.3) is 0 Å². The lowest BCUT2D eigenvalue weighted by molar-refractivity contribution is 0.0696. The van der Waals surface area contributed by atoms with Crippen molar-refractivity contribution in [3.05, 3.63) is 63.6 Å². The van der Waals surface area contributed by atoms with Crippen molar-refractivity contribution in [1.29, 1.82) is 0 Å². The highest BCUT2D eigenvalue weighted by molar-refractivity contribution is 7.80. The molecule has 3 N–H and O–H groups in total. The molecule has 0 aromatic heterocycles. The van der Waals surface area contributed by atoms with Gasteiger partial charge in [-0.1, -0.05) is 23.2 Å². The topological polar surface area (TPSA) is 78.4 Å². The van der Waals surface area contributed by atoms with Gasteiger partial charge in [-0.3, -0.25) is 10.1 Å². The van der Waals surface area contributed by atoms with Crippen molar-refractivity contribution in [2.45, 2.75) is 0 Å². The molecular formula is C15H10Cl2N2O3S. The van der Waals surface area contributed by atoms with Crippen molar-refractivity contribution in [3.63, 3.8) is 0 Å². The Morgan fingerprint density at radius 1 is 1.04 bits per heavy atom. The van der Waals surface area contributed by atoms with E-state index < -0.39 is 11.9 Å². The minimum absolute atomic E-state index is 0.0593. The summed E-state index contributed by atoms with van der Waals surface area (Å²) in [5, 5.41) is 14.8. The van der Waals surface area contributed by atoms with Crippen LogP contribution in [0.4, 0.5) is 5.69 Å². The highest BCUT2D eigenvalue weighted by Crippen LogP contribution is 2.20. The zero-order chi connectivity index (χ0) is 17.0. The molecule has 0 fully saturated rings. The molecule has 0 atom stereocenters. The second kappa shape index (κ2) is 7.41. The number of carbonyl (C=O) groups is 2. The molecule has 0 unspecified atom stereocenters. The van der Waals surface area contributed by atoms with Gasteiger partial charge in [0.25, 0.3) is 5.91 Å². The average Bonchev–Trinajstić information content (AvgIpc) is 2.47. The van der Waals surface area contributed by atoms with E-state index >= 15 is 0 Å². The Balaban J connectivity index is 2.01. The summed E-state index contributed by atoms with van der Waals surface area (Å²) >= 11 is 16.8. The number of aromatic carboxylic acids is 1. The van der Waals surface area contributed by atoms with Crippen molar-refractivity contribution in [3.8, 4) is 0 Å². The van der Waals surface area contributed by atoms with Gasteiger partial charge in [-0.15, -0.1) is 0 Å². The molecule has 118 valence electrons. The summed E-state index contributed by atoms with van der Waals surface area (Å²) in [4.78, 5) is 22.8. The summed E-state index contributed by atoms with van der Waals surface area (Å²) in [6, 6.07) is 10.4. The highest BCUT2D eigenvalue weighted by atomic mass is 35.5. The number of hydrogen-bond donors (Lipinski definition) is 3. The second-order valence-corrected chi connectivity index (χ2v) is 5.67. The Kier molecular flexibility index (Phi) is 5.54. The Hall–Kier alpha value is -2.15. The number of benzene rings is 2. The van der Waals surface area contributed by atoms with Gasteiger partial charge in [0.15, 0.2) is 5.11 Å². The number of rotatable bonds is 3. The normalized spacial score (nSPS) is 10.0. The smallest absolute Gasteiger partial charge is 0.335 e. The molecular weight excluding hydrogens is 359 g/mol. The maximum Gasteiger partial charge on any atom is 0.335 e. The summed E-state index contributed by atoms with van der Waals surface area (Å²) < 4.78 is 0. The van der Waals surface area contributed by atoms with E-state index in [1.807, 2.05) is 0 Å². The van der Waals surface area contributed by atoms with E-state index in [0.717, 1.165) is 0 Å². The zero-order valence-corrected chi connectivity index (χ0v) is 13.8. The first-order chi connectivity index (χ1) is 10.9. The zero-order valence-electron chi connectivity index (χ0n) is 11.5. The third-order valence-corrected chi connectivity index (χ3v) is 3.54. The van der Waals surface area contributed by atoms with Crippen LogP contribution >= 0.6 is 35.4 Å². The maximum absolute atomic E-state index is 12.1. The summed E-state index contributed by atoms with van der Waals surface area (Å²) in [5.41, 5.74) is 0.933. The quantitative estimate of drug-likeness (QED) is 0.717. The third kappa shape index (κ3) is 4.66. The molecule has 0 aliphatic heterocycles. The fraction of sp³-hybridized carbons (Fsp3) is 0. The molecule has 0 bridgehead atoms. The van der Waals surface area contributed by atoms with E-state index in [2.05, 4.69) is 10.6 Å². The Morgan fingerprint density at radius 2 is 1.70 bits per heavy atom. The number of amides is 1. The lowest BCUT2D eigenvalue weighted by Crippen LogP contribution is -2.34. The van der Waals surface area contributed by atoms with Gasteiger partial charge in [0.1, 0.15) is 0 Å². The molecule has 2 aromatic carbocycles. The van der Waals surface area contributed by atoms with Gasteiger partial charge in [-0.05, 0) is 54.7 Å². The van der Waals surface area contributed by atoms with Crippen LogP contribution in [0.2, 0.25) is 10.0 Å². The number of carbonyl (C=O) groups excluding carboxylic acids is 1. The Bertz CT molecular complexity index is 779. The SMILES string of the molecule is O=C(O)c1ccc(NC(=S)NC(=O)c2ccc(Cl)cc2Cl)cc1. The van der Waals surface area contributed by atoms with Crippen molar-refractivity contribution >= 4 is 58.1 Å². The van der Waals surface area contributed by atoms with Crippen LogP contribution in [-0.4, -0.2) is 22.1 Å². The number of halogens is 2. The van der Waals surface area contributed by atoms with Crippen LogP contribution in [-0.2, 0) is 0 Å². The number of carboxylic acid groups (broad SMARTS) is 1. The van der Waals surface area contributed by atoms with E-state index in [4.69, 9.17) is 40.5 Å². The van der Waals surface area contributed by atoms with Crippen LogP contribution in [0, 0.1) is 0 Å². The first-order valence-electron chi connectivity index (χ1n) is 6.27. The minimum Gasteiger partial charge on any atom is -0.478 e. The van der Waals surface area contributed by atoms with Crippen molar-refractivity contribution in [2.75, 3.05) is 5.32 Å². The monoisotopic (exact) mass is 368 g/mol. The molecule has 0 saturated carbocycles. The molecule has 5 nitrogen and oxygen atoms in total. The lowest BCUT2D eigenvalue weighted by Gasteiger charge is -2.10. The van der Waals surface area contributed by atoms with Gasteiger partial charge in [0.2, 0.25) is 0 Å².